The molecule has 1 N–H and O–H groups in total. The van der Waals surface area contributed by atoms with Gasteiger partial charge >= 0.3 is 5.97 Å². The molecule has 0 aliphatic heterocycles. The summed E-state index contributed by atoms with van der Waals surface area (Å²) in [5, 5.41) is 2.62. The van der Waals surface area contributed by atoms with E-state index in [-0.39, 0.29) is 47.9 Å². The fraction of sp³-hybridized carbons (Fsp3) is 0.611. The van der Waals surface area contributed by atoms with Gasteiger partial charge in [0.2, 0.25) is 11.8 Å². The molecule has 0 bridgehead atoms. The monoisotopic (exact) mass is 574 g/mol. The summed E-state index contributed by atoms with van der Waals surface area (Å²) in [6, 6.07) is -0.0862. The first kappa shape index (κ1) is 31.8. The maximum absolute atomic E-state index is 12.6. The van der Waals surface area contributed by atoms with E-state index < -0.39 is 5.97 Å². The maximum Gasteiger partial charge on any atom is 0.325 e. The third-order valence-corrected chi connectivity index (χ3v) is 10.7. The van der Waals surface area contributed by atoms with E-state index in [1.165, 1.54) is 41.4 Å². The summed E-state index contributed by atoms with van der Waals surface area (Å²) in [6.45, 7) is 15.7. The van der Waals surface area contributed by atoms with E-state index >= 15 is 0 Å². The summed E-state index contributed by atoms with van der Waals surface area (Å²) in [5.74, 6) is 0.977. The number of nitrogens with zero attached hydrogens (tertiary/aromatic N) is 1. The van der Waals surface area contributed by atoms with Crippen LogP contribution in [-0.4, -0.2) is 47.9 Å². The molecule has 0 saturated heterocycles. The molecule has 2 saturated carbocycles. The number of ether oxygens (including phenoxy) is 1. The van der Waals surface area contributed by atoms with Gasteiger partial charge in [-0.3, -0.25) is 14.4 Å². The highest BCUT2D eigenvalue weighted by molar-refractivity contribution is 5.86. The first-order chi connectivity index (χ1) is 19.9. The van der Waals surface area contributed by atoms with Gasteiger partial charge in [-0.1, -0.05) is 56.4 Å². The van der Waals surface area contributed by atoms with Gasteiger partial charge in [-0.25, -0.2) is 0 Å². The second-order valence-electron chi connectivity index (χ2n) is 13.4. The summed E-state index contributed by atoms with van der Waals surface area (Å²) in [5.41, 5.74) is 7.46. The molecule has 0 radical (unpaired) electrons. The van der Waals surface area contributed by atoms with Crippen molar-refractivity contribution < 1.29 is 19.1 Å². The summed E-state index contributed by atoms with van der Waals surface area (Å²) >= 11 is 0. The Bertz CT molecular complexity index is 1250. The fourth-order valence-electron chi connectivity index (χ4n) is 8.53. The lowest BCUT2D eigenvalue weighted by Gasteiger charge is -2.58. The van der Waals surface area contributed by atoms with Crippen LogP contribution in [0.25, 0.3) is 0 Å². The van der Waals surface area contributed by atoms with Crippen LogP contribution in [0.1, 0.15) is 86.5 Å². The second kappa shape index (κ2) is 13.0. The van der Waals surface area contributed by atoms with Crippen molar-refractivity contribution in [1.82, 2.24) is 10.2 Å². The lowest BCUT2D eigenvalue weighted by Crippen LogP contribution is -2.50. The van der Waals surface area contributed by atoms with E-state index in [2.05, 4.69) is 61.9 Å². The van der Waals surface area contributed by atoms with Crippen molar-refractivity contribution >= 4 is 17.8 Å². The maximum atomic E-state index is 12.6. The van der Waals surface area contributed by atoms with Crippen LogP contribution in [-0.2, 0) is 19.1 Å². The topological polar surface area (TPSA) is 75.7 Å². The number of carbonyl (C=O) groups excluding carboxylic acids is 3. The molecule has 0 heterocycles. The van der Waals surface area contributed by atoms with Crippen LogP contribution in [0.15, 0.2) is 65.5 Å². The summed E-state index contributed by atoms with van der Waals surface area (Å²) in [7, 11) is 0. The molecular weight excluding hydrogens is 524 g/mol. The lowest BCUT2D eigenvalue weighted by atomic mass is 9.47. The van der Waals surface area contributed by atoms with Gasteiger partial charge in [0.1, 0.15) is 12.6 Å². The molecule has 6 heteroatoms. The van der Waals surface area contributed by atoms with E-state index in [4.69, 9.17) is 4.74 Å². The van der Waals surface area contributed by atoms with Crippen LogP contribution >= 0.6 is 0 Å². The zero-order valence-corrected chi connectivity index (χ0v) is 26.5. The Hall–Kier alpha value is -3.11. The Balaban J connectivity index is 1.37. The third kappa shape index (κ3) is 6.29. The first-order valence-electron chi connectivity index (χ1n) is 15.8. The molecule has 4 aliphatic carbocycles. The van der Waals surface area contributed by atoms with E-state index in [1.807, 2.05) is 26.8 Å². The van der Waals surface area contributed by atoms with Gasteiger partial charge in [-0.2, -0.15) is 0 Å². The number of nitrogens with one attached hydrogen (secondary N) is 1. The highest BCUT2D eigenvalue weighted by Gasteiger charge is 2.57. The quantitative estimate of drug-likeness (QED) is 0.145. The zero-order valence-electron chi connectivity index (χ0n) is 26.5. The molecule has 42 heavy (non-hydrogen) atoms. The first-order valence-corrected chi connectivity index (χ1v) is 15.8. The normalized spacial score (nSPS) is 32.1. The van der Waals surface area contributed by atoms with Crippen molar-refractivity contribution in [2.45, 2.75) is 98.6 Å². The number of fused-ring (bicyclic) bond motifs is 5. The summed E-state index contributed by atoms with van der Waals surface area (Å²) < 4.78 is 5.84. The van der Waals surface area contributed by atoms with Gasteiger partial charge in [0.05, 0.1) is 6.54 Å². The van der Waals surface area contributed by atoms with Gasteiger partial charge in [0, 0.05) is 19.4 Å². The Labute approximate surface area is 252 Å². The molecular formula is C36H50N2O4. The zero-order chi connectivity index (χ0) is 30.7. The van der Waals surface area contributed by atoms with E-state index in [1.54, 1.807) is 0 Å². The van der Waals surface area contributed by atoms with Crippen molar-refractivity contribution in [3.8, 4) is 0 Å². The Kier molecular flexibility index (Phi) is 9.88. The number of hydrogen-bond donors (Lipinski definition) is 1. The van der Waals surface area contributed by atoms with E-state index in [0.29, 0.717) is 17.8 Å². The Morgan fingerprint density at radius 2 is 1.88 bits per heavy atom. The fourth-order valence-corrected chi connectivity index (χ4v) is 8.53. The third-order valence-electron chi connectivity index (χ3n) is 10.7. The van der Waals surface area contributed by atoms with Crippen LogP contribution in [0.5, 0.6) is 0 Å². The smallest absolute Gasteiger partial charge is 0.325 e. The molecule has 0 aromatic carbocycles. The predicted molar refractivity (Wildman–Crippen MR) is 167 cm³/mol. The molecule has 4 rings (SSSR count). The van der Waals surface area contributed by atoms with Crippen LogP contribution in [0, 0.1) is 28.6 Å². The van der Waals surface area contributed by atoms with Crippen molar-refractivity contribution in [3.05, 3.63) is 65.5 Å². The number of allylic oxidation sites excluding steroid dienone is 8. The van der Waals surface area contributed by atoms with Crippen molar-refractivity contribution in [3.63, 3.8) is 0 Å². The minimum Gasteiger partial charge on any atom is -0.461 e. The summed E-state index contributed by atoms with van der Waals surface area (Å²) in [4.78, 5) is 38.2. The van der Waals surface area contributed by atoms with Crippen molar-refractivity contribution in [2.75, 3.05) is 13.1 Å². The van der Waals surface area contributed by atoms with Crippen molar-refractivity contribution in [2.24, 2.45) is 28.6 Å². The van der Waals surface area contributed by atoms with Crippen LogP contribution in [0.3, 0.4) is 0 Å². The number of amides is 2. The minimum atomic E-state index is -0.418. The van der Waals surface area contributed by atoms with Gasteiger partial charge in [0.25, 0.3) is 0 Å². The average molecular weight is 575 g/mol. The molecule has 2 amide bonds. The SMILES string of the molecule is C=C=C/C(=C\C=C/C)C1=CCC2[C@@H]3CC=C4C[C@@H](OC(=O)CNC(=O)CN(C(C)=O)C(C)C)CC[C@]4(C)C3CC[C@]12C. The highest BCUT2D eigenvalue weighted by Crippen LogP contribution is 2.65. The molecule has 228 valence electrons. The number of hydrogen-bond acceptors (Lipinski definition) is 4. The predicted octanol–water partition coefficient (Wildman–Crippen LogP) is 6.61. The van der Waals surface area contributed by atoms with Gasteiger partial charge < -0.3 is 15.0 Å². The minimum absolute atomic E-state index is 0.0626. The van der Waals surface area contributed by atoms with E-state index in [0.717, 1.165) is 32.1 Å². The molecule has 2 unspecified atom stereocenters. The Morgan fingerprint density at radius 1 is 1.14 bits per heavy atom. The molecule has 0 aromatic rings. The lowest BCUT2D eigenvalue weighted by molar-refractivity contribution is -0.151. The second-order valence-corrected chi connectivity index (χ2v) is 13.4. The number of esters is 1. The standard InChI is InChI=1S/C36H50N2O4/c1-8-10-12-26(11-9-2)30-15-16-31-29-14-13-27-21-28(17-19-35(27,6)32(29)18-20-36(30,31)7)42-34(41)22-37-33(40)23-38(24(3)4)25(5)39/h8,10-13,15,24,28-29,31-32H,2,14,16-23H2,1,3-7H3,(H,37,40)/b10-8-,26-12+/t28-,29-,31?,32?,35-,36+/m0/s1. The molecule has 6 nitrogen and oxygen atoms in total. The number of carbonyl (C=O) groups is 3. The highest BCUT2D eigenvalue weighted by atomic mass is 16.5. The molecule has 2 fully saturated rings. The van der Waals surface area contributed by atoms with E-state index in [9.17, 15) is 14.4 Å². The molecule has 4 aliphatic rings. The van der Waals surface area contributed by atoms with Crippen molar-refractivity contribution in [1.29, 1.82) is 0 Å². The van der Waals surface area contributed by atoms with Crippen LogP contribution in [0.2, 0.25) is 0 Å². The number of rotatable bonds is 9. The van der Waals surface area contributed by atoms with Gasteiger partial charge in [0.15, 0.2) is 0 Å². The largest absolute Gasteiger partial charge is 0.461 e. The van der Waals surface area contributed by atoms with Gasteiger partial charge in [-0.05, 0) is 105 Å². The molecule has 6 atom stereocenters. The molecule has 0 spiro atoms. The Morgan fingerprint density at radius 3 is 2.55 bits per heavy atom. The molecule has 0 aromatic heterocycles. The average Bonchev–Trinajstić information content (AvgIpc) is 3.29. The van der Waals surface area contributed by atoms with Crippen LogP contribution < -0.4 is 5.32 Å². The van der Waals surface area contributed by atoms with Crippen LogP contribution in [0.4, 0.5) is 0 Å². The van der Waals surface area contributed by atoms with Gasteiger partial charge in [-0.15, -0.1) is 5.73 Å². The summed E-state index contributed by atoms with van der Waals surface area (Å²) in [6.07, 6.45) is 20.4.